The van der Waals surface area contributed by atoms with Gasteiger partial charge < -0.3 is 4.90 Å². The second-order valence-electron chi connectivity index (χ2n) is 5.44. The lowest BCUT2D eigenvalue weighted by molar-refractivity contribution is -0.119. The summed E-state index contributed by atoms with van der Waals surface area (Å²) in [6, 6.07) is 10.4. The van der Waals surface area contributed by atoms with Crippen LogP contribution in [-0.2, 0) is 9.59 Å². The minimum Gasteiger partial charge on any atom is -0.313 e. The van der Waals surface area contributed by atoms with Crippen LogP contribution in [0, 0.1) is 5.82 Å². The van der Waals surface area contributed by atoms with E-state index in [9.17, 15) is 14.0 Å². The molecule has 1 aliphatic rings. The number of anilines is 1. The first kappa shape index (κ1) is 15.8. The molecule has 0 saturated carbocycles. The number of fused-ring (bicyclic) bond motifs is 1. The predicted octanol–water partition coefficient (Wildman–Crippen LogP) is 3.00. The van der Waals surface area contributed by atoms with Crippen molar-refractivity contribution in [2.75, 3.05) is 11.9 Å². The van der Waals surface area contributed by atoms with Gasteiger partial charge in [-0.05, 0) is 37.3 Å². The third-order valence-electron chi connectivity index (χ3n) is 3.91. The lowest BCUT2D eigenvalue weighted by Crippen LogP contribution is -2.32. The molecule has 5 nitrogen and oxygen atoms in total. The largest absolute Gasteiger partial charge is 0.313 e. The molecule has 0 radical (unpaired) electrons. The smallest absolute Gasteiger partial charge is 0.251 e. The summed E-state index contributed by atoms with van der Waals surface area (Å²) in [5, 5.41) is 0. The lowest BCUT2D eigenvalue weighted by Gasteiger charge is -2.19. The van der Waals surface area contributed by atoms with E-state index < -0.39 is 11.9 Å². The Morgan fingerprint density at radius 1 is 1.21 bits per heavy atom. The Balaban J connectivity index is 2.31. The number of carbonyl (C=O) groups is 1. The number of nitrogens with zero attached hydrogens (tertiary/aromatic N) is 3. The van der Waals surface area contributed by atoms with Crippen molar-refractivity contribution in [3.8, 4) is 0 Å². The van der Waals surface area contributed by atoms with Gasteiger partial charge in [0.2, 0.25) is 6.08 Å². The summed E-state index contributed by atoms with van der Waals surface area (Å²) in [5.41, 5.74) is 2.13. The summed E-state index contributed by atoms with van der Waals surface area (Å²) in [5.74, 6) is -0.634. The van der Waals surface area contributed by atoms with Crippen molar-refractivity contribution in [3.63, 3.8) is 0 Å². The molecular formula is C18H14FN3O2. The molecule has 0 fully saturated rings. The molecule has 3 rings (SSSR count). The highest BCUT2D eigenvalue weighted by atomic mass is 19.1. The fourth-order valence-corrected chi connectivity index (χ4v) is 2.71. The second-order valence-corrected chi connectivity index (χ2v) is 5.44. The Morgan fingerprint density at radius 2 is 1.96 bits per heavy atom. The number of isocyanates is 1. The van der Waals surface area contributed by atoms with E-state index in [0.717, 1.165) is 0 Å². The Labute approximate surface area is 138 Å². The summed E-state index contributed by atoms with van der Waals surface area (Å²) >= 11 is 0. The lowest BCUT2D eigenvalue weighted by atomic mass is 9.99. The number of amides is 1. The quantitative estimate of drug-likeness (QED) is 0.630. The van der Waals surface area contributed by atoms with Crippen molar-refractivity contribution >= 4 is 29.1 Å². The van der Waals surface area contributed by atoms with Gasteiger partial charge in [-0.25, -0.2) is 9.18 Å². The summed E-state index contributed by atoms with van der Waals surface area (Å²) in [6.07, 6.45) is 1.48. The number of benzodiazepines with no additional fused rings is 1. The van der Waals surface area contributed by atoms with E-state index >= 15 is 0 Å². The number of aliphatic imine (C=N–C) groups is 2. The van der Waals surface area contributed by atoms with Gasteiger partial charge in [-0.1, -0.05) is 12.1 Å². The minimum atomic E-state index is -0.657. The highest BCUT2D eigenvalue weighted by Crippen LogP contribution is 2.31. The normalized spacial score (nSPS) is 16.8. The Morgan fingerprint density at radius 3 is 2.67 bits per heavy atom. The van der Waals surface area contributed by atoms with E-state index in [0.29, 0.717) is 28.2 Å². The zero-order chi connectivity index (χ0) is 17.3. The van der Waals surface area contributed by atoms with E-state index in [-0.39, 0.29) is 5.91 Å². The highest BCUT2D eigenvalue weighted by molar-refractivity contribution is 6.20. The van der Waals surface area contributed by atoms with E-state index in [1.807, 2.05) is 0 Å². The molecular weight excluding hydrogens is 309 g/mol. The molecule has 2 aromatic rings. The predicted molar refractivity (Wildman–Crippen MR) is 89.1 cm³/mol. The summed E-state index contributed by atoms with van der Waals surface area (Å²) in [7, 11) is 1.64. The average Bonchev–Trinajstić information content (AvgIpc) is 2.67. The van der Waals surface area contributed by atoms with Gasteiger partial charge in [-0.15, -0.1) is 0 Å². The van der Waals surface area contributed by atoms with Crippen LogP contribution in [0.4, 0.5) is 15.8 Å². The van der Waals surface area contributed by atoms with E-state index in [1.165, 1.54) is 17.0 Å². The first-order valence-corrected chi connectivity index (χ1v) is 7.35. The number of hydrogen-bond acceptors (Lipinski definition) is 4. The van der Waals surface area contributed by atoms with Crippen LogP contribution in [0.1, 0.15) is 18.1 Å². The van der Waals surface area contributed by atoms with Crippen LogP contribution in [0.2, 0.25) is 0 Å². The molecule has 0 spiro atoms. The zero-order valence-electron chi connectivity index (χ0n) is 13.2. The standard InChI is InChI=1S/C18H14FN3O2/c1-11-18(24)22(2)16-8-7-12(20-10-23)9-14(16)17(21-11)13-5-3-4-6-15(13)19/h3-9,11H,1-2H3. The van der Waals surface area contributed by atoms with Crippen molar-refractivity contribution in [2.45, 2.75) is 13.0 Å². The third-order valence-corrected chi connectivity index (χ3v) is 3.91. The molecule has 0 bridgehead atoms. The van der Waals surface area contributed by atoms with Gasteiger partial charge in [-0.3, -0.25) is 9.79 Å². The summed E-state index contributed by atoms with van der Waals surface area (Å²) in [6.45, 7) is 1.66. The van der Waals surface area contributed by atoms with Crippen LogP contribution in [0.15, 0.2) is 52.4 Å². The molecule has 24 heavy (non-hydrogen) atoms. The molecule has 0 N–H and O–H groups in total. The van der Waals surface area contributed by atoms with E-state index in [1.54, 1.807) is 50.4 Å². The van der Waals surface area contributed by atoms with Crippen LogP contribution < -0.4 is 4.90 Å². The van der Waals surface area contributed by atoms with Crippen molar-refractivity contribution in [3.05, 3.63) is 59.4 Å². The molecule has 1 aliphatic heterocycles. The molecule has 1 heterocycles. The fourth-order valence-electron chi connectivity index (χ4n) is 2.71. The van der Waals surface area contributed by atoms with Gasteiger partial charge in [0.1, 0.15) is 11.9 Å². The first-order valence-electron chi connectivity index (χ1n) is 7.35. The Kier molecular flexibility index (Phi) is 4.06. The highest BCUT2D eigenvalue weighted by Gasteiger charge is 2.28. The maximum absolute atomic E-state index is 14.3. The molecule has 0 aliphatic carbocycles. The zero-order valence-corrected chi connectivity index (χ0v) is 13.2. The molecule has 0 saturated heterocycles. The number of carbonyl (C=O) groups excluding carboxylic acids is 2. The summed E-state index contributed by atoms with van der Waals surface area (Å²) in [4.78, 5) is 32.5. The molecule has 2 aromatic carbocycles. The third kappa shape index (κ3) is 2.64. The topological polar surface area (TPSA) is 62.1 Å². The maximum Gasteiger partial charge on any atom is 0.251 e. The molecule has 1 unspecified atom stereocenters. The van der Waals surface area contributed by atoms with Crippen LogP contribution in [-0.4, -0.2) is 30.8 Å². The van der Waals surface area contributed by atoms with E-state index in [2.05, 4.69) is 9.98 Å². The average molecular weight is 323 g/mol. The Bertz CT molecular complexity index is 901. The van der Waals surface area contributed by atoms with Crippen LogP contribution >= 0.6 is 0 Å². The maximum atomic E-state index is 14.3. The van der Waals surface area contributed by atoms with Gasteiger partial charge in [0.15, 0.2) is 0 Å². The monoisotopic (exact) mass is 323 g/mol. The van der Waals surface area contributed by atoms with Crippen molar-refractivity contribution in [1.82, 2.24) is 0 Å². The van der Waals surface area contributed by atoms with Crippen LogP contribution in [0.5, 0.6) is 0 Å². The van der Waals surface area contributed by atoms with Crippen molar-refractivity contribution in [1.29, 1.82) is 0 Å². The first-order chi connectivity index (χ1) is 11.5. The van der Waals surface area contributed by atoms with Crippen LogP contribution in [0.3, 0.4) is 0 Å². The summed E-state index contributed by atoms with van der Waals surface area (Å²) < 4.78 is 14.3. The molecule has 6 heteroatoms. The van der Waals surface area contributed by atoms with Gasteiger partial charge in [0.25, 0.3) is 5.91 Å². The number of rotatable bonds is 2. The van der Waals surface area contributed by atoms with Gasteiger partial charge >= 0.3 is 0 Å². The molecule has 120 valence electrons. The minimum absolute atomic E-state index is 0.200. The van der Waals surface area contributed by atoms with Crippen molar-refractivity contribution < 1.29 is 14.0 Å². The number of benzene rings is 2. The molecule has 1 amide bonds. The van der Waals surface area contributed by atoms with Gasteiger partial charge in [0, 0.05) is 18.2 Å². The fraction of sp³-hybridized carbons (Fsp3) is 0.167. The number of halogens is 1. The van der Waals surface area contributed by atoms with Gasteiger partial charge in [0.05, 0.1) is 17.1 Å². The number of hydrogen-bond donors (Lipinski definition) is 0. The number of likely N-dealkylation sites (N-methyl/N-ethyl adjacent to an activating group) is 1. The SMILES string of the molecule is CC1N=C(c2ccccc2F)c2cc(N=C=O)ccc2N(C)C1=O. The van der Waals surface area contributed by atoms with Crippen LogP contribution in [0.25, 0.3) is 0 Å². The molecule has 0 aromatic heterocycles. The second kappa shape index (κ2) is 6.18. The van der Waals surface area contributed by atoms with Gasteiger partial charge in [-0.2, -0.15) is 4.99 Å². The molecule has 1 atom stereocenters. The van der Waals surface area contributed by atoms with E-state index in [4.69, 9.17) is 0 Å². The Hall–Kier alpha value is -3.11. The van der Waals surface area contributed by atoms with Crippen molar-refractivity contribution in [2.24, 2.45) is 9.98 Å².